The molecule has 5 heteroatoms. The summed E-state index contributed by atoms with van der Waals surface area (Å²) in [5, 5.41) is 4.08. The van der Waals surface area contributed by atoms with Crippen LogP contribution in [0.25, 0.3) is 21.6 Å². The largest absolute Gasteiger partial charge is 0.227 e. The second-order valence-electron chi connectivity index (χ2n) is 4.57. The van der Waals surface area contributed by atoms with E-state index in [1.165, 1.54) is 0 Å². The molecule has 0 aliphatic heterocycles. The van der Waals surface area contributed by atoms with Gasteiger partial charge in [-0.2, -0.15) is 0 Å². The maximum atomic E-state index is 6.31. The lowest BCUT2D eigenvalue weighted by Gasteiger charge is -2.07. The van der Waals surface area contributed by atoms with Crippen molar-refractivity contribution in [3.63, 3.8) is 0 Å². The van der Waals surface area contributed by atoms with Crippen LogP contribution in [0.2, 0.25) is 10.2 Å². The van der Waals surface area contributed by atoms with Crippen LogP contribution >= 0.6 is 34.5 Å². The molecule has 2 nitrogen and oxygen atoms in total. The summed E-state index contributed by atoms with van der Waals surface area (Å²) in [6, 6.07) is 6.00. The lowest BCUT2D eigenvalue weighted by Crippen LogP contribution is -1.94. The van der Waals surface area contributed by atoms with Gasteiger partial charge in [-0.3, -0.25) is 0 Å². The Kier molecular flexibility index (Phi) is 3.67. The molecule has 102 valence electrons. The molecule has 0 spiro atoms. The first-order valence-corrected chi connectivity index (χ1v) is 7.94. The number of aromatic nitrogens is 2. The third-order valence-corrected chi connectivity index (χ3v) is 5.23. The van der Waals surface area contributed by atoms with E-state index in [0.29, 0.717) is 16.0 Å². The van der Waals surface area contributed by atoms with E-state index in [1.807, 2.05) is 24.4 Å². The number of aryl methyl sites for hydroxylation is 2. The van der Waals surface area contributed by atoms with Crippen LogP contribution in [0.1, 0.15) is 18.1 Å². The molecule has 0 aliphatic rings. The molecule has 0 N–H and O–H groups in total. The van der Waals surface area contributed by atoms with Crippen molar-refractivity contribution in [1.29, 1.82) is 0 Å². The van der Waals surface area contributed by atoms with E-state index in [2.05, 4.69) is 23.0 Å². The van der Waals surface area contributed by atoms with E-state index < -0.39 is 0 Å². The molecule has 0 aliphatic carbocycles. The zero-order valence-corrected chi connectivity index (χ0v) is 13.4. The highest BCUT2D eigenvalue weighted by Crippen LogP contribution is 2.36. The Morgan fingerprint density at radius 2 is 2.00 bits per heavy atom. The summed E-state index contributed by atoms with van der Waals surface area (Å²) in [5.41, 5.74) is 3.11. The summed E-state index contributed by atoms with van der Waals surface area (Å²) in [4.78, 5) is 9.96. The normalized spacial score (nSPS) is 11.2. The van der Waals surface area contributed by atoms with Gasteiger partial charge in [-0.05, 0) is 35.9 Å². The molecule has 20 heavy (non-hydrogen) atoms. The lowest BCUT2D eigenvalue weighted by molar-refractivity contribution is 1.13. The minimum atomic E-state index is 0.474. The predicted octanol–water partition coefficient (Wildman–Crippen LogP) is 5.54. The van der Waals surface area contributed by atoms with E-state index in [4.69, 9.17) is 23.2 Å². The van der Waals surface area contributed by atoms with Crippen LogP contribution in [-0.2, 0) is 6.42 Å². The smallest absolute Gasteiger partial charge is 0.173 e. The van der Waals surface area contributed by atoms with Crippen LogP contribution in [-0.4, -0.2) is 9.97 Å². The van der Waals surface area contributed by atoms with E-state index in [-0.39, 0.29) is 0 Å². The summed E-state index contributed by atoms with van der Waals surface area (Å²) in [7, 11) is 0. The predicted molar refractivity (Wildman–Crippen MR) is 87.0 cm³/mol. The number of fused-ring (bicyclic) bond motifs is 1. The first-order valence-electron chi connectivity index (χ1n) is 6.31. The van der Waals surface area contributed by atoms with E-state index in [0.717, 1.165) is 33.3 Å². The molecule has 0 saturated heterocycles. The molecular weight excluding hydrogens is 311 g/mol. The van der Waals surface area contributed by atoms with Gasteiger partial charge in [-0.15, -0.1) is 11.3 Å². The van der Waals surface area contributed by atoms with E-state index in [1.54, 1.807) is 11.3 Å². The van der Waals surface area contributed by atoms with E-state index in [9.17, 15) is 0 Å². The molecule has 3 aromatic rings. The van der Waals surface area contributed by atoms with Crippen molar-refractivity contribution in [2.24, 2.45) is 0 Å². The molecule has 0 fully saturated rings. The van der Waals surface area contributed by atoms with Gasteiger partial charge in [0.05, 0.1) is 15.4 Å². The van der Waals surface area contributed by atoms with Crippen LogP contribution in [0.4, 0.5) is 0 Å². The van der Waals surface area contributed by atoms with Gasteiger partial charge in [0, 0.05) is 5.39 Å². The highest BCUT2D eigenvalue weighted by Gasteiger charge is 2.15. The molecule has 0 bridgehead atoms. The van der Waals surface area contributed by atoms with Crippen molar-refractivity contribution in [2.45, 2.75) is 20.3 Å². The highest BCUT2D eigenvalue weighted by atomic mass is 35.5. The molecule has 1 aromatic carbocycles. The summed E-state index contributed by atoms with van der Waals surface area (Å²) in [6.45, 7) is 4.08. The standard InChI is InChI=1S/C15H12Cl2N2S/c1-3-9-5-4-6-10-12(9)18-15(19-14(10)17)13-11(16)8(2)7-20-13/h4-7H,3H2,1-2H3. The number of thiophene rings is 1. The SMILES string of the molecule is CCc1cccc2c(Cl)nc(-c3scc(C)c3Cl)nc12. The minimum absolute atomic E-state index is 0.474. The minimum Gasteiger partial charge on any atom is -0.227 e. The molecule has 0 amide bonds. The third kappa shape index (κ3) is 2.20. The topological polar surface area (TPSA) is 25.8 Å². The molecule has 3 rings (SSSR count). The van der Waals surface area contributed by atoms with Crippen molar-refractivity contribution in [2.75, 3.05) is 0 Å². The van der Waals surface area contributed by atoms with Gasteiger partial charge in [0.1, 0.15) is 5.15 Å². The Morgan fingerprint density at radius 1 is 1.20 bits per heavy atom. The van der Waals surface area contributed by atoms with Crippen LogP contribution in [0.5, 0.6) is 0 Å². The lowest BCUT2D eigenvalue weighted by atomic mass is 10.1. The number of nitrogens with zero attached hydrogens (tertiary/aromatic N) is 2. The van der Waals surface area contributed by atoms with Crippen molar-refractivity contribution in [1.82, 2.24) is 9.97 Å². The molecule has 2 aromatic heterocycles. The average Bonchev–Trinajstić information content (AvgIpc) is 2.78. The maximum Gasteiger partial charge on any atom is 0.173 e. The molecular formula is C15H12Cl2N2S. The Bertz CT molecular complexity index is 796. The van der Waals surface area contributed by atoms with Crippen molar-refractivity contribution >= 4 is 45.4 Å². The van der Waals surface area contributed by atoms with Crippen LogP contribution < -0.4 is 0 Å². The fourth-order valence-corrected chi connectivity index (χ4v) is 3.59. The number of hydrogen-bond acceptors (Lipinski definition) is 3. The second-order valence-corrected chi connectivity index (χ2v) is 6.18. The van der Waals surface area contributed by atoms with Crippen LogP contribution in [0.3, 0.4) is 0 Å². The summed E-state index contributed by atoms with van der Waals surface area (Å²) >= 11 is 14.2. The maximum absolute atomic E-state index is 6.31. The van der Waals surface area contributed by atoms with Gasteiger partial charge in [0.25, 0.3) is 0 Å². The quantitative estimate of drug-likeness (QED) is 0.579. The first-order chi connectivity index (χ1) is 9.61. The fraction of sp³-hybridized carbons (Fsp3) is 0.200. The molecule has 0 saturated carbocycles. The van der Waals surface area contributed by atoms with Crippen molar-refractivity contribution in [3.8, 4) is 10.7 Å². The molecule has 0 radical (unpaired) electrons. The Hall–Kier alpha value is -1.16. The third-order valence-electron chi connectivity index (χ3n) is 3.25. The number of hydrogen-bond donors (Lipinski definition) is 0. The van der Waals surface area contributed by atoms with Gasteiger partial charge in [-0.25, -0.2) is 9.97 Å². The monoisotopic (exact) mass is 322 g/mol. The molecule has 0 unspecified atom stereocenters. The molecule has 2 heterocycles. The van der Waals surface area contributed by atoms with Gasteiger partial charge < -0.3 is 0 Å². The highest BCUT2D eigenvalue weighted by molar-refractivity contribution is 7.14. The number of para-hydroxylation sites is 1. The Balaban J connectivity index is 2.31. The number of benzene rings is 1. The zero-order chi connectivity index (χ0) is 14.3. The summed E-state index contributed by atoms with van der Waals surface area (Å²) in [5.74, 6) is 0.603. The van der Waals surface area contributed by atoms with Crippen molar-refractivity contribution in [3.05, 3.63) is 44.9 Å². The Labute approximate surface area is 131 Å². The van der Waals surface area contributed by atoms with Gasteiger partial charge >= 0.3 is 0 Å². The molecule has 0 atom stereocenters. The summed E-state index contributed by atoms with van der Waals surface area (Å²) in [6.07, 6.45) is 0.904. The van der Waals surface area contributed by atoms with Crippen LogP contribution in [0, 0.1) is 6.92 Å². The first kappa shape index (κ1) is 13.8. The van der Waals surface area contributed by atoms with E-state index >= 15 is 0 Å². The van der Waals surface area contributed by atoms with Gasteiger partial charge in [-0.1, -0.05) is 42.3 Å². The van der Waals surface area contributed by atoms with Crippen molar-refractivity contribution < 1.29 is 0 Å². The fourth-order valence-electron chi connectivity index (χ4n) is 2.14. The van der Waals surface area contributed by atoms with Gasteiger partial charge in [0.2, 0.25) is 0 Å². The number of halogens is 2. The van der Waals surface area contributed by atoms with Gasteiger partial charge in [0.15, 0.2) is 5.82 Å². The zero-order valence-electron chi connectivity index (χ0n) is 11.1. The second kappa shape index (κ2) is 5.32. The summed E-state index contributed by atoms with van der Waals surface area (Å²) < 4.78 is 0. The Morgan fingerprint density at radius 3 is 2.65 bits per heavy atom. The van der Waals surface area contributed by atoms with Crippen LogP contribution in [0.15, 0.2) is 23.6 Å². The average molecular weight is 323 g/mol. The number of rotatable bonds is 2.